The number of alkyl halides is 3. The first-order valence-corrected chi connectivity index (χ1v) is 7.67. The van der Waals surface area contributed by atoms with Gasteiger partial charge in [0.15, 0.2) is 0 Å². The summed E-state index contributed by atoms with van der Waals surface area (Å²) in [7, 11) is 1.38. The third-order valence-electron chi connectivity index (χ3n) is 4.11. The van der Waals surface area contributed by atoms with Crippen LogP contribution in [0.3, 0.4) is 0 Å². The van der Waals surface area contributed by atoms with Crippen LogP contribution >= 0.6 is 12.4 Å². The Labute approximate surface area is 149 Å². The van der Waals surface area contributed by atoms with Crippen molar-refractivity contribution in [2.75, 3.05) is 26.8 Å². The Balaban J connectivity index is 0.00000312. The Hall–Kier alpha value is -1.09. The molecule has 1 aliphatic heterocycles. The van der Waals surface area contributed by atoms with Crippen LogP contribution in [-0.2, 0) is 11.2 Å². The molecule has 1 fully saturated rings. The predicted octanol–water partition coefficient (Wildman–Crippen LogP) is 2.86. The average Bonchev–Trinajstić information content (AvgIpc) is 2.53. The lowest BCUT2D eigenvalue weighted by Crippen LogP contribution is -2.54. The van der Waals surface area contributed by atoms with E-state index < -0.39 is 36.5 Å². The van der Waals surface area contributed by atoms with E-state index in [9.17, 15) is 22.7 Å². The van der Waals surface area contributed by atoms with Gasteiger partial charge in [0.05, 0.1) is 25.4 Å². The second-order valence-electron chi connectivity index (χ2n) is 5.92. The highest BCUT2D eigenvalue weighted by molar-refractivity contribution is 5.85. The van der Waals surface area contributed by atoms with Crippen LogP contribution in [0.2, 0.25) is 0 Å². The molecule has 0 amide bonds. The summed E-state index contributed by atoms with van der Waals surface area (Å²) in [6.07, 6.45) is -7.11. The van der Waals surface area contributed by atoms with Crippen LogP contribution in [0.5, 0.6) is 5.75 Å². The molecule has 0 aromatic heterocycles. The zero-order chi connectivity index (χ0) is 17.8. The lowest BCUT2D eigenvalue weighted by molar-refractivity contribution is -0.168. The molecule has 0 aliphatic carbocycles. The summed E-state index contributed by atoms with van der Waals surface area (Å²) in [4.78, 5) is 0. The van der Waals surface area contributed by atoms with Crippen LogP contribution in [-0.4, -0.2) is 49.8 Å². The molecule has 2 rings (SSSR count). The van der Waals surface area contributed by atoms with Crippen molar-refractivity contribution in [3.8, 4) is 5.75 Å². The average molecular weight is 388 g/mol. The maximum atomic E-state index is 13.5. The van der Waals surface area contributed by atoms with E-state index in [1.165, 1.54) is 19.2 Å². The minimum atomic E-state index is -4.40. The van der Waals surface area contributed by atoms with Crippen LogP contribution in [0.15, 0.2) is 18.2 Å². The van der Waals surface area contributed by atoms with Gasteiger partial charge < -0.3 is 19.9 Å². The fourth-order valence-electron chi connectivity index (χ4n) is 2.85. The molecule has 0 bridgehead atoms. The molecule has 1 heterocycles. The van der Waals surface area contributed by atoms with Gasteiger partial charge in [-0.1, -0.05) is 0 Å². The SMILES string of the molecule is COc1ccc(F)cc1CC(O)(CCC(F)(F)F)C1CNCCO1.Cl. The van der Waals surface area contributed by atoms with Crippen molar-refractivity contribution in [1.82, 2.24) is 5.32 Å². The Morgan fingerprint density at radius 2 is 2.04 bits per heavy atom. The van der Waals surface area contributed by atoms with E-state index >= 15 is 0 Å². The molecule has 25 heavy (non-hydrogen) atoms. The predicted molar refractivity (Wildman–Crippen MR) is 86.8 cm³/mol. The molecule has 1 aromatic rings. The van der Waals surface area contributed by atoms with Gasteiger partial charge in [0.2, 0.25) is 0 Å². The molecule has 1 aromatic carbocycles. The molecule has 2 unspecified atom stereocenters. The van der Waals surface area contributed by atoms with E-state index in [0.717, 1.165) is 6.07 Å². The first-order valence-electron chi connectivity index (χ1n) is 7.67. The number of methoxy groups -OCH3 is 1. The van der Waals surface area contributed by atoms with E-state index in [1.807, 2.05) is 0 Å². The molecule has 9 heteroatoms. The molecular formula is C16H22ClF4NO3. The molecule has 1 saturated heterocycles. The second kappa shape index (κ2) is 9.02. The minimum absolute atomic E-state index is 0. The Morgan fingerprint density at radius 1 is 1.32 bits per heavy atom. The maximum Gasteiger partial charge on any atom is 0.389 e. The highest BCUT2D eigenvalue weighted by Gasteiger charge is 2.42. The number of nitrogens with one attached hydrogen (secondary N) is 1. The summed E-state index contributed by atoms with van der Waals surface area (Å²) in [5, 5.41) is 13.9. The second-order valence-corrected chi connectivity index (χ2v) is 5.92. The lowest BCUT2D eigenvalue weighted by atomic mass is 9.83. The highest BCUT2D eigenvalue weighted by atomic mass is 35.5. The van der Waals surface area contributed by atoms with Crippen LogP contribution in [0, 0.1) is 5.82 Å². The van der Waals surface area contributed by atoms with Gasteiger partial charge >= 0.3 is 6.18 Å². The Bertz CT molecular complexity index is 553. The van der Waals surface area contributed by atoms with Gasteiger partial charge in [-0.3, -0.25) is 0 Å². The largest absolute Gasteiger partial charge is 0.496 e. The molecule has 2 N–H and O–H groups in total. The standard InChI is InChI=1S/C16H21F4NO3.ClH/c1-23-13-3-2-12(17)8-11(13)9-15(22,4-5-16(18,19)20)14-10-21-6-7-24-14;/h2-3,8,14,21-22H,4-7,9-10H2,1H3;1H. The Morgan fingerprint density at radius 3 is 2.60 bits per heavy atom. The number of rotatable bonds is 6. The van der Waals surface area contributed by atoms with Gasteiger partial charge in [-0.25, -0.2) is 4.39 Å². The Kier molecular flexibility index (Phi) is 7.92. The summed E-state index contributed by atoms with van der Waals surface area (Å²) in [5.74, 6) is -0.239. The van der Waals surface area contributed by atoms with Gasteiger partial charge in [-0.15, -0.1) is 12.4 Å². The monoisotopic (exact) mass is 387 g/mol. The van der Waals surface area contributed by atoms with Crippen LogP contribution < -0.4 is 10.1 Å². The zero-order valence-electron chi connectivity index (χ0n) is 13.7. The number of halogens is 5. The van der Waals surface area contributed by atoms with Gasteiger partial charge in [0.25, 0.3) is 0 Å². The van der Waals surface area contributed by atoms with Gasteiger partial charge in [-0.2, -0.15) is 13.2 Å². The van der Waals surface area contributed by atoms with Crippen molar-refractivity contribution in [3.05, 3.63) is 29.6 Å². The third kappa shape index (κ3) is 6.29. The van der Waals surface area contributed by atoms with E-state index in [2.05, 4.69) is 5.32 Å². The van der Waals surface area contributed by atoms with E-state index in [4.69, 9.17) is 9.47 Å². The molecular weight excluding hydrogens is 366 g/mol. The van der Waals surface area contributed by atoms with E-state index in [0.29, 0.717) is 24.5 Å². The molecule has 4 nitrogen and oxygen atoms in total. The number of hydrogen-bond acceptors (Lipinski definition) is 4. The number of benzene rings is 1. The number of aliphatic hydroxyl groups is 1. The zero-order valence-corrected chi connectivity index (χ0v) is 14.6. The molecule has 2 atom stereocenters. The molecule has 0 spiro atoms. The smallest absolute Gasteiger partial charge is 0.389 e. The normalized spacial score (nSPS) is 20.5. The summed E-state index contributed by atoms with van der Waals surface area (Å²) in [6, 6.07) is 3.73. The highest BCUT2D eigenvalue weighted by Crippen LogP contribution is 2.34. The van der Waals surface area contributed by atoms with E-state index in [1.54, 1.807) is 0 Å². The summed E-state index contributed by atoms with van der Waals surface area (Å²) in [6.45, 7) is 1.08. The summed E-state index contributed by atoms with van der Waals surface area (Å²) >= 11 is 0. The number of morpholine rings is 1. The molecule has 1 aliphatic rings. The topological polar surface area (TPSA) is 50.7 Å². The summed E-state index contributed by atoms with van der Waals surface area (Å²) in [5.41, 5.74) is -1.49. The van der Waals surface area contributed by atoms with Gasteiger partial charge in [0.1, 0.15) is 11.6 Å². The van der Waals surface area contributed by atoms with Crippen LogP contribution in [0.4, 0.5) is 17.6 Å². The molecule has 0 saturated carbocycles. The summed E-state index contributed by atoms with van der Waals surface area (Å²) < 4.78 is 62.1. The first-order chi connectivity index (χ1) is 11.2. The van der Waals surface area contributed by atoms with Gasteiger partial charge in [-0.05, 0) is 30.2 Å². The molecule has 0 radical (unpaired) electrons. The third-order valence-corrected chi connectivity index (χ3v) is 4.11. The first kappa shape index (κ1) is 22.0. The minimum Gasteiger partial charge on any atom is -0.496 e. The van der Waals surface area contributed by atoms with Crippen molar-refractivity contribution >= 4 is 12.4 Å². The van der Waals surface area contributed by atoms with Crippen LogP contribution in [0.1, 0.15) is 18.4 Å². The van der Waals surface area contributed by atoms with Crippen molar-refractivity contribution in [2.45, 2.75) is 37.1 Å². The van der Waals surface area contributed by atoms with Crippen molar-refractivity contribution in [3.63, 3.8) is 0 Å². The van der Waals surface area contributed by atoms with Crippen molar-refractivity contribution < 1.29 is 32.1 Å². The fraction of sp³-hybridized carbons (Fsp3) is 0.625. The lowest BCUT2D eigenvalue weighted by Gasteiger charge is -2.39. The van der Waals surface area contributed by atoms with Crippen molar-refractivity contribution in [1.29, 1.82) is 0 Å². The van der Waals surface area contributed by atoms with Crippen molar-refractivity contribution in [2.24, 2.45) is 0 Å². The fourth-order valence-corrected chi connectivity index (χ4v) is 2.85. The molecule has 144 valence electrons. The van der Waals surface area contributed by atoms with E-state index in [-0.39, 0.29) is 25.4 Å². The van der Waals surface area contributed by atoms with Gasteiger partial charge in [0, 0.05) is 25.9 Å². The maximum absolute atomic E-state index is 13.5. The number of ether oxygens (including phenoxy) is 2. The quantitative estimate of drug-likeness (QED) is 0.737. The van der Waals surface area contributed by atoms with Crippen LogP contribution in [0.25, 0.3) is 0 Å². The number of hydrogen-bond donors (Lipinski definition) is 2.